The average molecular weight is 218 g/mol. The fraction of sp³-hybridized carbons (Fsp3) is 0.250. The van der Waals surface area contributed by atoms with E-state index in [4.69, 9.17) is 10.8 Å². The predicted molar refractivity (Wildman–Crippen MR) is 63.4 cm³/mol. The third-order valence-corrected chi connectivity index (χ3v) is 2.04. The zero-order valence-corrected chi connectivity index (χ0v) is 9.29. The molecule has 0 aromatic heterocycles. The summed E-state index contributed by atoms with van der Waals surface area (Å²) in [4.78, 5) is 10.9. The fourth-order valence-electron chi connectivity index (χ4n) is 1.31. The molecule has 0 bridgehead atoms. The van der Waals surface area contributed by atoms with Crippen molar-refractivity contribution in [2.24, 2.45) is 0 Å². The van der Waals surface area contributed by atoms with Crippen molar-refractivity contribution >= 4 is 11.7 Å². The summed E-state index contributed by atoms with van der Waals surface area (Å²) in [7, 11) is 1.79. The standard InChI is InChI=1S/C12H14N2O2/c1-8-6-9(4-3-5-14-2)11(13)10(7-8)12(15)16/h6-7,14H,5,13H2,1-2H3,(H,15,16). The van der Waals surface area contributed by atoms with Gasteiger partial charge in [-0.1, -0.05) is 11.8 Å². The van der Waals surface area contributed by atoms with E-state index < -0.39 is 5.97 Å². The van der Waals surface area contributed by atoms with Crippen molar-refractivity contribution in [3.63, 3.8) is 0 Å². The number of nitrogens with one attached hydrogen (secondary N) is 1. The van der Waals surface area contributed by atoms with Crippen LogP contribution in [0.5, 0.6) is 0 Å². The summed E-state index contributed by atoms with van der Waals surface area (Å²) in [6.07, 6.45) is 0. The topological polar surface area (TPSA) is 75.3 Å². The molecule has 0 radical (unpaired) electrons. The zero-order valence-electron chi connectivity index (χ0n) is 9.29. The first-order valence-electron chi connectivity index (χ1n) is 4.83. The van der Waals surface area contributed by atoms with E-state index in [1.165, 1.54) is 0 Å². The SMILES string of the molecule is CNCC#Cc1cc(C)cc(C(=O)O)c1N. The fourth-order valence-corrected chi connectivity index (χ4v) is 1.31. The Kier molecular flexibility index (Phi) is 3.92. The summed E-state index contributed by atoms with van der Waals surface area (Å²) in [5.41, 5.74) is 7.46. The van der Waals surface area contributed by atoms with Gasteiger partial charge in [-0.3, -0.25) is 0 Å². The van der Waals surface area contributed by atoms with E-state index >= 15 is 0 Å². The molecule has 0 atom stereocenters. The number of carboxylic acid groups (broad SMARTS) is 1. The van der Waals surface area contributed by atoms with Crippen molar-refractivity contribution in [3.8, 4) is 11.8 Å². The summed E-state index contributed by atoms with van der Waals surface area (Å²) in [5.74, 6) is 4.67. The molecule has 4 nitrogen and oxygen atoms in total. The van der Waals surface area contributed by atoms with Gasteiger partial charge in [0.15, 0.2) is 0 Å². The third kappa shape index (κ3) is 2.75. The van der Waals surface area contributed by atoms with Crippen LogP contribution in [0.3, 0.4) is 0 Å². The quantitative estimate of drug-likeness (QED) is 0.508. The summed E-state index contributed by atoms with van der Waals surface area (Å²) < 4.78 is 0. The third-order valence-electron chi connectivity index (χ3n) is 2.04. The van der Waals surface area contributed by atoms with E-state index in [2.05, 4.69) is 17.2 Å². The van der Waals surface area contributed by atoms with E-state index in [1.807, 2.05) is 6.92 Å². The second-order valence-electron chi connectivity index (χ2n) is 3.41. The second kappa shape index (κ2) is 5.19. The van der Waals surface area contributed by atoms with Crippen molar-refractivity contribution in [1.29, 1.82) is 0 Å². The van der Waals surface area contributed by atoms with Crippen molar-refractivity contribution in [1.82, 2.24) is 5.32 Å². The van der Waals surface area contributed by atoms with Crippen molar-refractivity contribution in [2.75, 3.05) is 19.3 Å². The molecule has 0 spiro atoms. The van der Waals surface area contributed by atoms with Gasteiger partial charge in [0, 0.05) is 5.56 Å². The zero-order chi connectivity index (χ0) is 12.1. The molecule has 0 aliphatic rings. The maximum absolute atomic E-state index is 10.9. The van der Waals surface area contributed by atoms with Gasteiger partial charge in [-0.25, -0.2) is 4.79 Å². The maximum Gasteiger partial charge on any atom is 0.337 e. The Morgan fingerprint density at radius 1 is 1.56 bits per heavy atom. The van der Waals surface area contributed by atoms with Gasteiger partial charge in [0.1, 0.15) is 0 Å². The molecule has 0 saturated carbocycles. The van der Waals surface area contributed by atoms with Crippen molar-refractivity contribution in [3.05, 3.63) is 28.8 Å². The molecule has 4 heteroatoms. The minimum atomic E-state index is -1.03. The molecule has 0 aliphatic heterocycles. The van der Waals surface area contributed by atoms with Gasteiger partial charge in [0.2, 0.25) is 0 Å². The Hall–Kier alpha value is -1.99. The molecule has 1 rings (SSSR count). The molecule has 1 aromatic carbocycles. The number of aromatic carboxylic acids is 1. The number of benzene rings is 1. The summed E-state index contributed by atoms with van der Waals surface area (Å²) >= 11 is 0. The number of nitrogen functional groups attached to an aromatic ring is 1. The smallest absolute Gasteiger partial charge is 0.337 e. The van der Waals surface area contributed by atoms with Crippen LogP contribution in [0.1, 0.15) is 21.5 Å². The first kappa shape index (κ1) is 12.1. The molecule has 0 heterocycles. The largest absolute Gasteiger partial charge is 0.478 e. The molecule has 4 N–H and O–H groups in total. The van der Waals surface area contributed by atoms with Crippen LogP contribution in [0.4, 0.5) is 5.69 Å². The summed E-state index contributed by atoms with van der Waals surface area (Å²) in [6.45, 7) is 2.35. The molecule has 0 aliphatic carbocycles. The Morgan fingerprint density at radius 2 is 2.25 bits per heavy atom. The Balaban J connectivity index is 3.21. The van der Waals surface area contributed by atoms with E-state index in [0.29, 0.717) is 12.1 Å². The van der Waals surface area contributed by atoms with Crippen LogP contribution in [-0.4, -0.2) is 24.7 Å². The first-order chi connectivity index (χ1) is 7.56. The van der Waals surface area contributed by atoms with Crippen LogP contribution < -0.4 is 11.1 Å². The van der Waals surface area contributed by atoms with Gasteiger partial charge in [-0.05, 0) is 31.7 Å². The number of nitrogens with two attached hydrogens (primary N) is 1. The van der Waals surface area contributed by atoms with Crippen LogP contribution in [0.15, 0.2) is 12.1 Å². The van der Waals surface area contributed by atoms with Gasteiger partial charge < -0.3 is 16.2 Å². The Bertz CT molecular complexity index is 470. The molecular formula is C12H14N2O2. The van der Waals surface area contributed by atoms with E-state index in [1.54, 1.807) is 19.2 Å². The molecule has 16 heavy (non-hydrogen) atoms. The number of carboxylic acids is 1. The van der Waals surface area contributed by atoms with E-state index in [0.717, 1.165) is 5.56 Å². The molecule has 0 saturated heterocycles. The predicted octanol–water partition coefficient (Wildman–Crippen LogP) is 0.846. The monoisotopic (exact) mass is 218 g/mol. The van der Waals surface area contributed by atoms with Crippen LogP contribution in [-0.2, 0) is 0 Å². The van der Waals surface area contributed by atoms with Gasteiger partial charge >= 0.3 is 5.97 Å². The molecule has 1 aromatic rings. The Morgan fingerprint density at radius 3 is 2.81 bits per heavy atom. The van der Waals surface area contributed by atoms with Gasteiger partial charge in [-0.15, -0.1) is 0 Å². The molecule has 0 unspecified atom stereocenters. The normalized spacial score (nSPS) is 9.38. The maximum atomic E-state index is 10.9. The molecule has 0 fully saturated rings. The van der Waals surface area contributed by atoms with E-state index in [-0.39, 0.29) is 11.3 Å². The van der Waals surface area contributed by atoms with Crippen LogP contribution in [0.2, 0.25) is 0 Å². The van der Waals surface area contributed by atoms with Crippen LogP contribution in [0.25, 0.3) is 0 Å². The number of hydrogen-bond acceptors (Lipinski definition) is 3. The first-order valence-corrected chi connectivity index (χ1v) is 4.83. The Labute approximate surface area is 94.5 Å². The highest BCUT2D eigenvalue weighted by Gasteiger charge is 2.11. The minimum Gasteiger partial charge on any atom is -0.478 e. The number of carbonyl (C=O) groups is 1. The summed E-state index contributed by atoms with van der Waals surface area (Å²) in [6, 6.07) is 3.32. The number of rotatable bonds is 2. The lowest BCUT2D eigenvalue weighted by Gasteiger charge is -2.05. The van der Waals surface area contributed by atoms with Crippen molar-refractivity contribution < 1.29 is 9.90 Å². The van der Waals surface area contributed by atoms with Gasteiger partial charge in [-0.2, -0.15) is 0 Å². The van der Waals surface area contributed by atoms with Gasteiger partial charge in [0.05, 0.1) is 17.8 Å². The highest BCUT2D eigenvalue weighted by atomic mass is 16.4. The average Bonchev–Trinajstić information content (AvgIpc) is 2.22. The molecule has 84 valence electrons. The lowest BCUT2D eigenvalue weighted by atomic mass is 10.0. The van der Waals surface area contributed by atoms with E-state index in [9.17, 15) is 4.79 Å². The summed E-state index contributed by atoms with van der Waals surface area (Å²) in [5, 5.41) is 11.8. The van der Waals surface area contributed by atoms with Gasteiger partial charge in [0.25, 0.3) is 0 Å². The van der Waals surface area contributed by atoms with Crippen molar-refractivity contribution in [2.45, 2.75) is 6.92 Å². The minimum absolute atomic E-state index is 0.105. The lowest BCUT2D eigenvalue weighted by molar-refractivity contribution is 0.0698. The number of anilines is 1. The molecular weight excluding hydrogens is 204 g/mol. The number of hydrogen-bond donors (Lipinski definition) is 3. The second-order valence-corrected chi connectivity index (χ2v) is 3.41. The lowest BCUT2D eigenvalue weighted by Crippen LogP contribution is -2.06. The highest BCUT2D eigenvalue weighted by Crippen LogP contribution is 2.19. The number of aryl methyl sites for hydroxylation is 1. The molecule has 0 amide bonds. The van der Waals surface area contributed by atoms with Crippen LogP contribution in [0, 0.1) is 18.8 Å². The van der Waals surface area contributed by atoms with Crippen LogP contribution >= 0.6 is 0 Å². The highest BCUT2D eigenvalue weighted by molar-refractivity contribution is 5.95.